The Balaban J connectivity index is 2.46. The van der Waals surface area contributed by atoms with Gasteiger partial charge in [-0.3, -0.25) is 0 Å². The van der Waals surface area contributed by atoms with Gasteiger partial charge in [0.1, 0.15) is 10.8 Å². The van der Waals surface area contributed by atoms with E-state index in [-0.39, 0.29) is 11.7 Å². The standard InChI is InChI=1S/C9H6FNOS/c10-7-3-1-2-6(4-7)9-11-8(12)5-13-9/h1-5,12H. The van der Waals surface area contributed by atoms with Crippen LogP contribution in [0.5, 0.6) is 5.88 Å². The summed E-state index contributed by atoms with van der Waals surface area (Å²) in [6, 6.07) is 6.12. The monoisotopic (exact) mass is 195 g/mol. The van der Waals surface area contributed by atoms with Gasteiger partial charge in [-0.25, -0.2) is 9.37 Å². The molecule has 66 valence electrons. The molecule has 1 aromatic heterocycles. The highest BCUT2D eigenvalue weighted by atomic mass is 32.1. The normalized spacial score (nSPS) is 10.2. The quantitative estimate of drug-likeness (QED) is 0.758. The third kappa shape index (κ3) is 1.67. The van der Waals surface area contributed by atoms with E-state index in [9.17, 15) is 4.39 Å². The van der Waals surface area contributed by atoms with Gasteiger partial charge in [-0.15, -0.1) is 11.3 Å². The zero-order valence-corrected chi connectivity index (χ0v) is 7.38. The van der Waals surface area contributed by atoms with Gasteiger partial charge in [0.25, 0.3) is 0 Å². The molecule has 4 heteroatoms. The molecule has 1 N–H and O–H groups in total. The lowest BCUT2D eigenvalue weighted by molar-refractivity contribution is 0.458. The van der Waals surface area contributed by atoms with Crippen LogP contribution in [0.4, 0.5) is 4.39 Å². The topological polar surface area (TPSA) is 33.1 Å². The van der Waals surface area contributed by atoms with Crippen LogP contribution in [0, 0.1) is 5.82 Å². The van der Waals surface area contributed by atoms with Crippen LogP contribution in [0.1, 0.15) is 0 Å². The van der Waals surface area contributed by atoms with Crippen molar-refractivity contribution >= 4 is 11.3 Å². The van der Waals surface area contributed by atoms with Gasteiger partial charge in [0.15, 0.2) is 0 Å². The third-order valence-corrected chi connectivity index (χ3v) is 2.44. The predicted octanol–water partition coefficient (Wildman–Crippen LogP) is 2.65. The first-order chi connectivity index (χ1) is 6.25. The summed E-state index contributed by atoms with van der Waals surface area (Å²) in [7, 11) is 0. The van der Waals surface area contributed by atoms with Crippen LogP contribution in [0.25, 0.3) is 10.6 Å². The molecule has 0 saturated heterocycles. The second-order valence-electron chi connectivity index (χ2n) is 2.52. The third-order valence-electron chi connectivity index (χ3n) is 1.56. The molecule has 0 fully saturated rings. The van der Waals surface area contributed by atoms with Gasteiger partial charge in [0, 0.05) is 5.56 Å². The average molecular weight is 195 g/mol. The highest BCUT2D eigenvalue weighted by Gasteiger charge is 2.03. The number of nitrogens with zero attached hydrogens (tertiary/aromatic N) is 1. The molecule has 0 aliphatic heterocycles. The molecule has 0 saturated carbocycles. The summed E-state index contributed by atoms with van der Waals surface area (Å²) in [5.41, 5.74) is 0.685. The van der Waals surface area contributed by atoms with Crippen molar-refractivity contribution in [3.63, 3.8) is 0 Å². The van der Waals surface area contributed by atoms with E-state index in [0.29, 0.717) is 10.6 Å². The van der Waals surface area contributed by atoms with E-state index in [1.165, 1.54) is 28.8 Å². The Labute approximate surface area is 78.3 Å². The maximum absolute atomic E-state index is 12.8. The molecule has 0 radical (unpaired) electrons. The molecule has 0 amide bonds. The first-order valence-electron chi connectivity index (χ1n) is 3.66. The Morgan fingerprint density at radius 1 is 1.38 bits per heavy atom. The summed E-state index contributed by atoms with van der Waals surface area (Å²) in [5, 5.41) is 11.1. The van der Waals surface area contributed by atoms with Crippen LogP contribution in [-0.2, 0) is 0 Å². The van der Waals surface area contributed by atoms with Crippen molar-refractivity contribution in [1.29, 1.82) is 0 Å². The van der Waals surface area contributed by atoms with Gasteiger partial charge in [0.2, 0.25) is 5.88 Å². The van der Waals surface area contributed by atoms with Crippen LogP contribution in [0.3, 0.4) is 0 Å². The number of benzene rings is 1. The van der Waals surface area contributed by atoms with E-state index in [4.69, 9.17) is 5.11 Å². The summed E-state index contributed by atoms with van der Waals surface area (Å²) in [6.07, 6.45) is 0. The Hall–Kier alpha value is -1.42. The molecule has 1 aromatic carbocycles. The number of hydrogen-bond donors (Lipinski definition) is 1. The van der Waals surface area contributed by atoms with Crippen molar-refractivity contribution < 1.29 is 9.50 Å². The van der Waals surface area contributed by atoms with Crippen LogP contribution < -0.4 is 0 Å². The van der Waals surface area contributed by atoms with Crippen LogP contribution >= 0.6 is 11.3 Å². The Morgan fingerprint density at radius 2 is 2.23 bits per heavy atom. The van der Waals surface area contributed by atoms with Crippen molar-refractivity contribution in [3.8, 4) is 16.5 Å². The number of halogens is 1. The van der Waals surface area contributed by atoms with Crippen LogP contribution in [0.2, 0.25) is 0 Å². The first kappa shape index (κ1) is 8.19. The van der Waals surface area contributed by atoms with Crippen LogP contribution in [-0.4, -0.2) is 10.1 Å². The molecule has 0 bridgehead atoms. The fraction of sp³-hybridized carbons (Fsp3) is 0. The fourth-order valence-electron chi connectivity index (χ4n) is 1.02. The van der Waals surface area contributed by atoms with E-state index in [1.54, 1.807) is 12.1 Å². The van der Waals surface area contributed by atoms with E-state index in [1.807, 2.05) is 0 Å². The molecule has 0 unspecified atom stereocenters. The Morgan fingerprint density at radius 3 is 2.85 bits per heavy atom. The lowest BCUT2D eigenvalue weighted by atomic mass is 10.2. The molecule has 0 aliphatic carbocycles. The summed E-state index contributed by atoms with van der Waals surface area (Å²) in [4.78, 5) is 3.83. The molecule has 2 rings (SSSR count). The minimum atomic E-state index is -0.299. The minimum Gasteiger partial charge on any atom is -0.493 e. The maximum atomic E-state index is 12.8. The van der Waals surface area contributed by atoms with Crippen molar-refractivity contribution in [2.75, 3.05) is 0 Å². The minimum absolute atomic E-state index is 0.0238. The number of aromatic hydroxyl groups is 1. The highest BCUT2D eigenvalue weighted by Crippen LogP contribution is 2.26. The van der Waals surface area contributed by atoms with Crippen molar-refractivity contribution in [2.45, 2.75) is 0 Å². The van der Waals surface area contributed by atoms with Crippen molar-refractivity contribution in [3.05, 3.63) is 35.5 Å². The van der Waals surface area contributed by atoms with Gasteiger partial charge < -0.3 is 5.11 Å². The molecule has 2 nitrogen and oxygen atoms in total. The summed E-state index contributed by atoms with van der Waals surface area (Å²) >= 11 is 1.28. The fourth-order valence-corrected chi connectivity index (χ4v) is 1.70. The van der Waals surface area contributed by atoms with Gasteiger partial charge in [-0.2, -0.15) is 0 Å². The molecular formula is C9H6FNOS. The zero-order chi connectivity index (χ0) is 9.26. The largest absolute Gasteiger partial charge is 0.493 e. The zero-order valence-electron chi connectivity index (χ0n) is 6.57. The van der Waals surface area contributed by atoms with Gasteiger partial charge >= 0.3 is 0 Å². The Kier molecular flexibility index (Phi) is 1.98. The number of hydrogen-bond acceptors (Lipinski definition) is 3. The Bertz CT molecular complexity index is 427. The molecular weight excluding hydrogens is 189 g/mol. The van der Waals surface area contributed by atoms with Crippen LogP contribution in [0.15, 0.2) is 29.6 Å². The number of rotatable bonds is 1. The molecule has 1 heterocycles. The van der Waals surface area contributed by atoms with E-state index >= 15 is 0 Å². The van der Waals surface area contributed by atoms with E-state index in [0.717, 1.165) is 0 Å². The number of aromatic nitrogens is 1. The molecule has 0 aliphatic rings. The maximum Gasteiger partial charge on any atom is 0.222 e. The first-order valence-corrected chi connectivity index (χ1v) is 4.54. The SMILES string of the molecule is Oc1csc(-c2cccc(F)c2)n1. The summed E-state index contributed by atoms with van der Waals surface area (Å²) < 4.78 is 12.8. The molecule has 2 aromatic rings. The highest BCUT2D eigenvalue weighted by molar-refractivity contribution is 7.13. The van der Waals surface area contributed by atoms with Gasteiger partial charge in [0.05, 0.1) is 5.38 Å². The predicted molar refractivity (Wildman–Crippen MR) is 49.2 cm³/mol. The van der Waals surface area contributed by atoms with E-state index < -0.39 is 0 Å². The second kappa shape index (κ2) is 3.14. The molecule has 13 heavy (non-hydrogen) atoms. The van der Waals surface area contributed by atoms with Gasteiger partial charge in [-0.05, 0) is 12.1 Å². The van der Waals surface area contributed by atoms with Gasteiger partial charge in [-0.1, -0.05) is 12.1 Å². The average Bonchev–Trinajstić information content (AvgIpc) is 2.52. The number of thiazole rings is 1. The summed E-state index contributed by atoms with van der Waals surface area (Å²) in [6.45, 7) is 0. The van der Waals surface area contributed by atoms with Crippen molar-refractivity contribution in [1.82, 2.24) is 4.98 Å². The van der Waals surface area contributed by atoms with Crippen molar-refractivity contribution in [2.24, 2.45) is 0 Å². The van der Waals surface area contributed by atoms with E-state index in [2.05, 4.69) is 4.98 Å². The smallest absolute Gasteiger partial charge is 0.222 e. The lowest BCUT2D eigenvalue weighted by Crippen LogP contribution is -1.77. The molecule has 0 spiro atoms. The summed E-state index contributed by atoms with van der Waals surface area (Å²) in [5.74, 6) is -0.323. The molecule has 0 atom stereocenters. The lowest BCUT2D eigenvalue weighted by Gasteiger charge is -1.94. The second-order valence-corrected chi connectivity index (χ2v) is 3.38.